The Labute approximate surface area is 237 Å². The number of hydrogen-bond donors (Lipinski definition) is 3. The smallest absolute Gasteiger partial charge is 0.405 e. The second-order valence-electron chi connectivity index (χ2n) is 10.4. The van der Waals surface area contributed by atoms with Gasteiger partial charge in [0.1, 0.15) is 0 Å². The average molecular weight is 576 g/mol. The van der Waals surface area contributed by atoms with Gasteiger partial charge in [0.15, 0.2) is 17.3 Å². The molecule has 6 rings (SSSR count). The summed E-state index contributed by atoms with van der Waals surface area (Å²) in [6.07, 6.45) is 6.06. The molecule has 1 aromatic carbocycles. The molecule has 1 saturated heterocycles. The van der Waals surface area contributed by atoms with Gasteiger partial charge in [-0.15, -0.1) is 0 Å². The van der Waals surface area contributed by atoms with E-state index in [9.17, 15) is 28.3 Å². The molecule has 3 N–H and O–H groups in total. The van der Waals surface area contributed by atoms with Crippen LogP contribution in [0.25, 0.3) is 16.7 Å². The molecule has 0 spiro atoms. The molecule has 2 amide bonds. The molecule has 2 atom stereocenters. The number of imidazole rings is 1. The van der Waals surface area contributed by atoms with Crippen molar-refractivity contribution in [2.24, 2.45) is 0 Å². The Hall–Kier alpha value is -4.94. The van der Waals surface area contributed by atoms with Crippen molar-refractivity contribution in [2.75, 3.05) is 13.1 Å². The molecule has 1 fully saturated rings. The van der Waals surface area contributed by atoms with Crippen LogP contribution in [0, 0.1) is 11.6 Å². The summed E-state index contributed by atoms with van der Waals surface area (Å²) in [5, 5.41) is 12.0. The molecule has 216 valence electrons. The molecule has 42 heavy (non-hydrogen) atoms. The van der Waals surface area contributed by atoms with Gasteiger partial charge in [0, 0.05) is 43.6 Å². The van der Waals surface area contributed by atoms with Crippen molar-refractivity contribution in [2.45, 2.75) is 43.7 Å². The van der Waals surface area contributed by atoms with E-state index in [1.807, 2.05) is 6.07 Å². The number of rotatable bonds is 5. The first-order valence-corrected chi connectivity index (χ1v) is 13.6. The van der Waals surface area contributed by atoms with E-state index < -0.39 is 29.7 Å². The van der Waals surface area contributed by atoms with Crippen LogP contribution in [0.5, 0.6) is 0 Å². The minimum atomic E-state index is -1.36. The molecule has 1 aliphatic heterocycles. The molecule has 3 aromatic heterocycles. The van der Waals surface area contributed by atoms with Crippen LogP contribution < -0.4 is 11.0 Å². The molecule has 2 aliphatic rings. The van der Waals surface area contributed by atoms with E-state index in [1.165, 1.54) is 24.5 Å². The van der Waals surface area contributed by atoms with Gasteiger partial charge >= 0.3 is 11.8 Å². The topological polar surface area (TPSA) is 146 Å². The Morgan fingerprint density at radius 1 is 1.05 bits per heavy atom. The van der Waals surface area contributed by atoms with Crippen molar-refractivity contribution < 1.29 is 23.5 Å². The number of nitrogens with one attached hydrogen (secondary N) is 2. The van der Waals surface area contributed by atoms with Crippen LogP contribution in [-0.4, -0.2) is 59.6 Å². The zero-order valence-electron chi connectivity index (χ0n) is 22.3. The van der Waals surface area contributed by atoms with E-state index in [0.29, 0.717) is 42.8 Å². The van der Waals surface area contributed by atoms with Crippen LogP contribution in [0.1, 0.15) is 60.6 Å². The van der Waals surface area contributed by atoms with Crippen molar-refractivity contribution in [1.82, 2.24) is 34.7 Å². The highest BCUT2D eigenvalue weighted by Crippen LogP contribution is 2.41. The number of amides is 2. The highest BCUT2D eigenvalue weighted by molar-refractivity contribution is 5.89. The number of carbonyl (C=O) groups excluding carboxylic acids is 1. The SMILES string of the molecule is O=C(O)N[C@@H]1c2nccnc2C(CC(=O)N2CCC(n3c(=O)[nH]c4ncccc43)CC2)=CC[C@@H]1c1cccc(F)c1F. The molecular weight excluding hydrogens is 548 g/mol. The Morgan fingerprint density at radius 2 is 1.83 bits per heavy atom. The summed E-state index contributed by atoms with van der Waals surface area (Å²) in [6.45, 7) is 0.869. The number of carbonyl (C=O) groups is 2. The summed E-state index contributed by atoms with van der Waals surface area (Å²) in [5.41, 5.74) is 2.10. The number of aromatic amines is 1. The number of carboxylic acid groups (broad SMARTS) is 1. The normalized spacial score (nSPS) is 19.2. The molecule has 13 heteroatoms. The largest absolute Gasteiger partial charge is 0.465 e. The summed E-state index contributed by atoms with van der Waals surface area (Å²) in [6, 6.07) is 6.27. The van der Waals surface area contributed by atoms with Crippen LogP contribution >= 0.6 is 0 Å². The van der Waals surface area contributed by atoms with Crippen LogP contribution in [-0.2, 0) is 4.79 Å². The molecule has 0 unspecified atom stereocenters. The number of allylic oxidation sites excluding steroid dienone is 1. The van der Waals surface area contributed by atoms with Crippen molar-refractivity contribution in [3.05, 3.63) is 94.1 Å². The van der Waals surface area contributed by atoms with E-state index >= 15 is 0 Å². The fraction of sp³-hybridized carbons (Fsp3) is 0.310. The monoisotopic (exact) mass is 575 g/mol. The van der Waals surface area contributed by atoms with Gasteiger partial charge in [-0.25, -0.2) is 23.4 Å². The van der Waals surface area contributed by atoms with Crippen LogP contribution in [0.3, 0.4) is 0 Å². The molecule has 11 nitrogen and oxygen atoms in total. The first-order chi connectivity index (χ1) is 20.3. The summed E-state index contributed by atoms with van der Waals surface area (Å²) < 4.78 is 30.8. The predicted octanol–water partition coefficient (Wildman–Crippen LogP) is 3.93. The molecule has 4 aromatic rings. The number of hydrogen-bond acceptors (Lipinski definition) is 6. The Kier molecular flexibility index (Phi) is 7.23. The zero-order chi connectivity index (χ0) is 29.4. The first kappa shape index (κ1) is 27.2. The van der Waals surface area contributed by atoms with E-state index in [1.54, 1.807) is 27.8 Å². The molecular formula is C29H27F2N7O4. The highest BCUT2D eigenvalue weighted by Gasteiger charge is 2.36. The Balaban J connectivity index is 1.24. The van der Waals surface area contributed by atoms with Crippen molar-refractivity contribution in [1.29, 1.82) is 0 Å². The number of piperidine rings is 1. The van der Waals surface area contributed by atoms with Crippen LogP contribution in [0.15, 0.2) is 59.8 Å². The van der Waals surface area contributed by atoms with Crippen molar-refractivity contribution in [3.63, 3.8) is 0 Å². The van der Waals surface area contributed by atoms with Gasteiger partial charge < -0.3 is 15.3 Å². The van der Waals surface area contributed by atoms with E-state index in [4.69, 9.17) is 0 Å². The molecule has 0 radical (unpaired) electrons. The third kappa shape index (κ3) is 5.01. The lowest BCUT2D eigenvalue weighted by atomic mass is 9.87. The zero-order valence-corrected chi connectivity index (χ0v) is 22.3. The fourth-order valence-electron chi connectivity index (χ4n) is 6.06. The minimum absolute atomic E-state index is 0.000949. The third-order valence-electron chi connectivity index (χ3n) is 8.02. The quantitative estimate of drug-likeness (QED) is 0.327. The third-order valence-corrected chi connectivity index (χ3v) is 8.02. The summed E-state index contributed by atoms with van der Waals surface area (Å²) in [4.78, 5) is 55.4. The second-order valence-corrected chi connectivity index (χ2v) is 10.4. The molecule has 0 saturated carbocycles. The van der Waals surface area contributed by atoms with Crippen molar-refractivity contribution in [3.8, 4) is 0 Å². The van der Waals surface area contributed by atoms with E-state index in [0.717, 1.165) is 11.6 Å². The van der Waals surface area contributed by atoms with Crippen molar-refractivity contribution >= 4 is 28.7 Å². The summed E-state index contributed by atoms with van der Waals surface area (Å²) >= 11 is 0. The lowest BCUT2D eigenvalue weighted by molar-refractivity contribution is -0.131. The Morgan fingerprint density at radius 3 is 2.62 bits per heavy atom. The molecule has 1 aliphatic carbocycles. The maximum absolute atomic E-state index is 14.9. The van der Waals surface area contributed by atoms with Crippen LogP contribution in [0.2, 0.25) is 0 Å². The van der Waals surface area contributed by atoms with Crippen LogP contribution in [0.4, 0.5) is 13.6 Å². The number of aromatic nitrogens is 5. The molecule has 0 bridgehead atoms. The lowest BCUT2D eigenvalue weighted by Crippen LogP contribution is -2.40. The fourth-order valence-corrected chi connectivity index (χ4v) is 6.06. The van der Waals surface area contributed by atoms with Gasteiger partial charge in [-0.05, 0) is 48.6 Å². The first-order valence-electron chi connectivity index (χ1n) is 13.6. The summed E-state index contributed by atoms with van der Waals surface area (Å²) in [5.74, 6) is -3.10. The van der Waals surface area contributed by atoms with Gasteiger partial charge in [-0.1, -0.05) is 18.2 Å². The highest BCUT2D eigenvalue weighted by atomic mass is 19.2. The standard InChI is InChI=1S/C29H27F2N7O4/c30-20-4-1-3-18(23(20)31)19-7-6-16(24-26(33-12-11-32-24)25(19)35-29(41)42)15-22(39)37-13-8-17(9-14-37)38-21-5-2-10-34-27(21)36-28(38)40/h1-6,10-12,17,19,25,35H,7-9,13-15H2,(H,41,42)(H,34,36,40)/t19-,25+/m1/s1. The lowest BCUT2D eigenvalue weighted by Gasteiger charge is -2.32. The number of pyridine rings is 1. The van der Waals surface area contributed by atoms with Gasteiger partial charge in [0.2, 0.25) is 5.91 Å². The number of halogens is 2. The second kappa shape index (κ2) is 11.1. The number of nitrogens with zero attached hydrogens (tertiary/aromatic N) is 5. The number of benzene rings is 1. The van der Waals surface area contributed by atoms with Gasteiger partial charge in [0.25, 0.3) is 0 Å². The minimum Gasteiger partial charge on any atom is -0.465 e. The van der Waals surface area contributed by atoms with Gasteiger partial charge in [-0.3, -0.25) is 24.3 Å². The maximum Gasteiger partial charge on any atom is 0.405 e. The van der Waals surface area contributed by atoms with E-state index in [2.05, 4.69) is 25.3 Å². The number of fused-ring (bicyclic) bond motifs is 2. The average Bonchev–Trinajstić information content (AvgIpc) is 3.25. The number of likely N-dealkylation sites (tertiary alicyclic amines) is 1. The predicted molar refractivity (Wildman–Crippen MR) is 147 cm³/mol. The Bertz CT molecular complexity index is 1760. The summed E-state index contributed by atoms with van der Waals surface area (Å²) in [7, 11) is 0. The van der Waals surface area contributed by atoms with E-state index in [-0.39, 0.29) is 41.7 Å². The van der Waals surface area contributed by atoms with Gasteiger partial charge in [-0.2, -0.15) is 0 Å². The van der Waals surface area contributed by atoms with Gasteiger partial charge in [0.05, 0.1) is 29.4 Å². The number of H-pyrrole nitrogens is 1. The maximum atomic E-state index is 14.9. The molecule has 4 heterocycles.